The molecule has 0 unspecified atom stereocenters. The Kier molecular flexibility index (Phi) is 2.31. The summed E-state index contributed by atoms with van der Waals surface area (Å²) in [7, 11) is 0. The highest BCUT2D eigenvalue weighted by Crippen LogP contribution is 2.35. The van der Waals surface area contributed by atoms with E-state index in [1.807, 2.05) is 6.07 Å². The van der Waals surface area contributed by atoms with Crippen molar-refractivity contribution < 1.29 is 0 Å². The average molecular weight is 354 g/mol. The van der Waals surface area contributed by atoms with E-state index in [2.05, 4.69) is 50.0 Å². The lowest BCUT2D eigenvalue weighted by molar-refractivity contribution is 1.73. The number of nitrogens with two attached hydrogens (primary N) is 1. The van der Waals surface area contributed by atoms with Crippen molar-refractivity contribution in [1.29, 1.82) is 0 Å². The second kappa shape index (κ2) is 3.16. The fourth-order valence-electron chi connectivity index (χ4n) is 1.06. The Labute approximate surface area is 96.2 Å². The first-order chi connectivity index (χ1) is 5.70. The maximum absolute atomic E-state index is 5.89. The smallest absolute Gasteiger partial charge is 0.0640 e. The van der Waals surface area contributed by atoms with Gasteiger partial charge in [0.2, 0.25) is 0 Å². The first-order valence-corrected chi connectivity index (χ1v) is 6.06. The minimum Gasteiger partial charge on any atom is -0.397 e. The van der Waals surface area contributed by atoms with E-state index in [9.17, 15) is 0 Å². The van der Waals surface area contributed by atoms with Gasteiger partial charge in [0, 0.05) is 18.8 Å². The number of anilines is 1. The van der Waals surface area contributed by atoms with Crippen LogP contribution in [0.5, 0.6) is 0 Å². The highest BCUT2D eigenvalue weighted by atomic mass is 127. The number of thiophene rings is 1. The molecule has 2 rings (SSSR count). The van der Waals surface area contributed by atoms with Crippen LogP contribution in [0.4, 0.5) is 5.69 Å². The van der Waals surface area contributed by atoms with Crippen molar-refractivity contribution in [3.05, 3.63) is 25.6 Å². The predicted octanol–water partition coefficient (Wildman–Crippen LogP) is 3.85. The summed E-state index contributed by atoms with van der Waals surface area (Å²) in [6.07, 6.45) is 0. The molecule has 1 heterocycles. The van der Waals surface area contributed by atoms with Crippen molar-refractivity contribution in [2.24, 2.45) is 0 Å². The van der Waals surface area contributed by atoms with Gasteiger partial charge in [-0.1, -0.05) is 6.07 Å². The summed E-state index contributed by atoms with van der Waals surface area (Å²) in [6, 6.07) is 4.08. The second-order valence-corrected chi connectivity index (χ2v) is 5.32. The van der Waals surface area contributed by atoms with E-state index in [0.717, 1.165) is 10.2 Å². The van der Waals surface area contributed by atoms with Crippen LogP contribution in [0.25, 0.3) is 10.1 Å². The topological polar surface area (TPSA) is 26.0 Å². The molecule has 0 radical (unpaired) electrons. The fourth-order valence-corrected chi connectivity index (χ4v) is 3.43. The molecule has 1 aromatic heterocycles. The molecule has 0 saturated heterocycles. The molecular weight excluding hydrogens is 349 g/mol. The Hall–Kier alpha value is 0.190. The molecule has 0 amide bonds. The molecular formula is C8H5BrINS. The van der Waals surface area contributed by atoms with Gasteiger partial charge in [-0.05, 0) is 44.6 Å². The van der Waals surface area contributed by atoms with Crippen LogP contribution in [0.15, 0.2) is 22.0 Å². The Morgan fingerprint density at radius 1 is 1.42 bits per heavy atom. The zero-order valence-electron chi connectivity index (χ0n) is 5.97. The van der Waals surface area contributed by atoms with Gasteiger partial charge in [-0.25, -0.2) is 0 Å². The van der Waals surface area contributed by atoms with E-state index < -0.39 is 0 Å². The average Bonchev–Trinajstić information content (AvgIpc) is 2.41. The van der Waals surface area contributed by atoms with E-state index >= 15 is 0 Å². The SMILES string of the molecule is Nc1c(Br)ccc2c(I)csc12. The third-order valence-corrected chi connectivity index (χ3v) is 4.72. The second-order valence-electron chi connectivity index (χ2n) is 2.42. The van der Waals surface area contributed by atoms with Crippen molar-refractivity contribution in [2.75, 3.05) is 5.73 Å². The van der Waals surface area contributed by atoms with Crippen LogP contribution in [-0.2, 0) is 0 Å². The minimum atomic E-state index is 0.848. The largest absolute Gasteiger partial charge is 0.397 e. The zero-order chi connectivity index (χ0) is 8.72. The Bertz CT molecular complexity index is 438. The molecule has 0 bridgehead atoms. The van der Waals surface area contributed by atoms with Gasteiger partial charge in [-0.2, -0.15) is 0 Å². The maximum Gasteiger partial charge on any atom is 0.0640 e. The summed E-state index contributed by atoms with van der Waals surface area (Å²) < 4.78 is 3.42. The lowest BCUT2D eigenvalue weighted by atomic mass is 10.2. The summed E-state index contributed by atoms with van der Waals surface area (Å²) in [4.78, 5) is 0. The lowest BCUT2D eigenvalue weighted by Crippen LogP contribution is -1.85. The Morgan fingerprint density at radius 2 is 2.17 bits per heavy atom. The van der Waals surface area contributed by atoms with Crippen molar-refractivity contribution in [3.8, 4) is 0 Å². The Balaban J connectivity index is 2.93. The highest BCUT2D eigenvalue weighted by Gasteiger charge is 2.06. The molecule has 2 aromatic rings. The number of benzene rings is 1. The van der Waals surface area contributed by atoms with E-state index in [1.165, 1.54) is 13.7 Å². The molecule has 1 aromatic carbocycles. The van der Waals surface area contributed by atoms with Crippen molar-refractivity contribution in [2.45, 2.75) is 0 Å². The quantitative estimate of drug-likeness (QED) is 0.565. The van der Waals surface area contributed by atoms with Gasteiger partial charge in [0.05, 0.1) is 10.4 Å². The van der Waals surface area contributed by atoms with Crippen molar-refractivity contribution in [3.63, 3.8) is 0 Å². The molecule has 12 heavy (non-hydrogen) atoms. The molecule has 2 N–H and O–H groups in total. The molecule has 4 heteroatoms. The van der Waals surface area contributed by atoms with Crippen LogP contribution in [-0.4, -0.2) is 0 Å². The summed E-state index contributed by atoms with van der Waals surface area (Å²) >= 11 is 7.42. The van der Waals surface area contributed by atoms with Crippen LogP contribution in [0.2, 0.25) is 0 Å². The molecule has 0 saturated carbocycles. The maximum atomic E-state index is 5.89. The number of halogens is 2. The van der Waals surface area contributed by atoms with Gasteiger partial charge in [-0.15, -0.1) is 11.3 Å². The minimum absolute atomic E-state index is 0.848. The summed E-state index contributed by atoms with van der Waals surface area (Å²) in [5.74, 6) is 0. The molecule has 1 nitrogen and oxygen atoms in total. The van der Waals surface area contributed by atoms with Gasteiger partial charge in [0.25, 0.3) is 0 Å². The monoisotopic (exact) mass is 353 g/mol. The van der Waals surface area contributed by atoms with Gasteiger partial charge < -0.3 is 5.73 Å². The number of hydrogen-bond acceptors (Lipinski definition) is 2. The first-order valence-electron chi connectivity index (χ1n) is 3.31. The third-order valence-electron chi connectivity index (χ3n) is 1.68. The van der Waals surface area contributed by atoms with Crippen LogP contribution in [0.1, 0.15) is 0 Å². The zero-order valence-corrected chi connectivity index (χ0v) is 10.5. The van der Waals surface area contributed by atoms with E-state index in [-0.39, 0.29) is 0 Å². The summed E-state index contributed by atoms with van der Waals surface area (Å²) in [5.41, 5.74) is 6.74. The van der Waals surface area contributed by atoms with Crippen molar-refractivity contribution >= 4 is 65.6 Å². The molecule has 0 atom stereocenters. The van der Waals surface area contributed by atoms with Gasteiger partial charge in [-0.3, -0.25) is 0 Å². The third kappa shape index (κ3) is 1.25. The molecule has 0 spiro atoms. The Morgan fingerprint density at radius 3 is 2.92 bits per heavy atom. The van der Waals surface area contributed by atoms with Crippen LogP contribution >= 0.6 is 49.9 Å². The molecule has 0 aliphatic heterocycles. The van der Waals surface area contributed by atoms with Crippen LogP contribution in [0.3, 0.4) is 0 Å². The van der Waals surface area contributed by atoms with Crippen molar-refractivity contribution in [1.82, 2.24) is 0 Å². The van der Waals surface area contributed by atoms with E-state index in [1.54, 1.807) is 11.3 Å². The van der Waals surface area contributed by atoms with Gasteiger partial charge in [0.1, 0.15) is 0 Å². The molecule has 0 aliphatic rings. The first kappa shape index (κ1) is 8.77. The highest BCUT2D eigenvalue weighted by molar-refractivity contribution is 14.1. The molecule has 62 valence electrons. The number of nitrogen functional groups attached to an aromatic ring is 1. The lowest BCUT2D eigenvalue weighted by Gasteiger charge is -1.98. The van der Waals surface area contributed by atoms with Gasteiger partial charge >= 0.3 is 0 Å². The number of hydrogen-bond donors (Lipinski definition) is 1. The van der Waals surface area contributed by atoms with Crippen LogP contribution < -0.4 is 5.73 Å². The number of rotatable bonds is 0. The van der Waals surface area contributed by atoms with Crippen LogP contribution in [0, 0.1) is 3.57 Å². The van der Waals surface area contributed by atoms with Gasteiger partial charge in [0.15, 0.2) is 0 Å². The standard InChI is InChI=1S/C8H5BrINS/c9-5-2-1-4-6(10)3-12-8(4)7(5)11/h1-3H,11H2. The normalized spacial score (nSPS) is 10.8. The fraction of sp³-hybridized carbons (Fsp3) is 0. The number of fused-ring (bicyclic) bond motifs is 1. The summed E-state index contributed by atoms with van der Waals surface area (Å²) in [5, 5.41) is 3.37. The molecule has 0 aliphatic carbocycles. The molecule has 0 fully saturated rings. The van der Waals surface area contributed by atoms with E-state index in [4.69, 9.17) is 5.73 Å². The predicted molar refractivity (Wildman–Crippen MR) is 66.7 cm³/mol. The summed E-state index contributed by atoms with van der Waals surface area (Å²) in [6.45, 7) is 0. The van der Waals surface area contributed by atoms with E-state index in [0.29, 0.717) is 0 Å².